The maximum Gasteiger partial charge on any atom is 0.253 e. The van der Waals surface area contributed by atoms with Gasteiger partial charge in [-0.15, -0.1) is 11.3 Å². The zero-order valence-electron chi connectivity index (χ0n) is 42.0. The van der Waals surface area contributed by atoms with Crippen molar-refractivity contribution in [3.63, 3.8) is 0 Å². The molecule has 18 heteroatoms. The molecule has 1 aromatic heterocycles. The summed E-state index contributed by atoms with van der Waals surface area (Å²) in [6.07, 6.45) is -1.27. The highest BCUT2D eigenvalue weighted by Crippen LogP contribution is 2.50. The van der Waals surface area contributed by atoms with Gasteiger partial charge in [0.1, 0.15) is 41.7 Å². The fraction of sp³-hybridized carbons (Fsp3) is 0.519. The number of hydrogen-bond donors (Lipinski definition) is 3. The van der Waals surface area contributed by atoms with Gasteiger partial charge in [-0.3, -0.25) is 19.3 Å². The van der Waals surface area contributed by atoms with E-state index in [0.29, 0.717) is 12.8 Å². The van der Waals surface area contributed by atoms with E-state index in [9.17, 15) is 28.3 Å². The minimum Gasteiger partial charge on any atom is -0.493 e. The molecular weight excluding hydrogens is 958 g/mol. The number of amides is 3. The largest absolute Gasteiger partial charge is 0.493 e. The molecule has 3 heterocycles. The number of benzene rings is 3. The first-order valence-electron chi connectivity index (χ1n) is 24.4. The summed E-state index contributed by atoms with van der Waals surface area (Å²) in [7, 11) is 0. The third kappa shape index (κ3) is 13.5. The molecule has 1 fully saturated rings. The topological polar surface area (TPSA) is 143 Å². The smallest absolute Gasteiger partial charge is 0.253 e. The van der Waals surface area contributed by atoms with E-state index >= 15 is 13.2 Å². The van der Waals surface area contributed by atoms with E-state index in [0.717, 1.165) is 56.1 Å². The van der Waals surface area contributed by atoms with E-state index in [4.69, 9.17) is 14.2 Å². The summed E-state index contributed by atoms with van der Waals surface area (Å²) in [6.45, 7) is 10.5. The third-order valence-corrected chi connectivity index (χ3v) is 14.4. The number of nitrogens with zero attached hydrogens (tertiary/aromatic N) is 3. The Labute approximate surface area is 422 Å². The molecule has 3 amide bonds. The van der Waals surface area contributed by atoms with Gasteiger partial charge in [-0.2, -0.15) is 0 Å². The number of carbonyl (C=O) groups is 3. The van der Waals surface area contributed by atoms with Gasteiger partial charge in [0.2, 0.25) is 17.7 Å². The molecule has 1 aliphatic carbocycles. The molecule has 3 aromatic carbocycles. The lowest BCUT2D eigenvalue weighted by Gasteiger charge is -2.44. The number of halogens is 5. The Hall–Kier alpha value is -5.27. The molecule has 0 bridgehead atoms. The summed E-state index contributed by atoms with van der Waals surface area (Å²) in [5, 5.41) is 16.1. The van der Waals surface area contributed by atoms with E-state index in [1.54, 1.807) is 37.6 Å². The third-order valence-electron chi connectivity index (χ3n) is 13.4. The molecule has 2 aliphatic heterocycles. The summed E-state index contributed by atoms with van der Waals surface area (Å²) in [5.74, 6) is -6.91. The number of carbonyl (C=O) groups excluding carboxylic acids is 3. The van der Waals surface area contributed by atoms with Crippen LogP contribution in [-0.2, 0) is 36.8 Å². The number of β-amino-alcohol motifs (C(OH)–C–C–N with tert-alkyl or cyclic N) is 1. The van der Waals surface area contributed by atoms with Crippen molar-refractivity contribution < 1.29 is 55.7 Å². The monoisotopic (exact) mass is 1020 g/mol. The van der Waals surface area contributed by atoms with Crippen molar-refractivity contribution in [2.75, 3.05) is 46.1 Å². The number of fused-ring (bicyclic) bond motifs is 2. The van der Waals surface area contributed by atoms with Crippen molar-refractivity contribution >= 4 is 34.6 Å². The lowest BCUT2D eigenvalue weighted by molar-refractivity contribution is -0.144. The number of alkyl halides is 3. The van der Waals surface area contributed by atoms with Crippen molar-refractivity contribution in [1.29, 1.82) is 0 Å². The lowest BCUT2D eigenvalue weighted by Crippen LogP contribution is -2.58. The maximum absolute atomic E-state index is 16.1. The fourth-order valence-corrected chi connectivity index (χ4v) is 10.6. The van der Waals surface area contributed by atoms with E-state index in [2.05, 4.69) is 15.6 Å². The minimum absolute atomic E-state index is 0.0326. The number of aromatic nitrogens is 1. The molecule has 12 nitrogen and oxygen atoms in total. The Morgan fingerprint density at radius 3 is 2.28 bits per heavy atom. The van der Waals surface area contributed by atoms with Crippen LogP contribution in [0.15, 0.2) is 71.7 Å². The second-order valence-electron chi connectivity index (χ2n) is 20.8. The van der Waals surface area contributed by atoms with Crippen LogP contribution in [0, 0.1) is 24.0 Å². The molecular formula is C54H66F5N5O7S. The maximum atomic E-state index is 16.1. The molecule has 5 atom stereocenters. The average molecular weight is 1020 g/mol. The van der Waals surface area contributed by atoms with Crippen LogP contribution in [0.25, 0.3) is 16.0 Å². The van der Waals surface area contributed by atoms with Gasteiger partial charge < -0.3 is 34.9 Å². The predicted octanol–water partition coefficient (Wildman–Crippen LogP) is 8.93. The number of likely N-dealkylation sites (tertiary alicyclic amines) is 1. The molecule has 0 saturated carbocycles. The Kier molecular flexibility index (Phi) is 17.3. The molecule has 0 spiro atoms. The molecule has 4 aromatic rings. The Balaban J connectivity index is 0.832. The van der Waals surface area contributed by atoms with Gasteiger partial charge in [-0.05, 0) is 79.4 Å². The number of thiazole rings is 1. The van der Waals surface area contributed by atoms with Crippen molar-refractivity contribution in [2.45, 2.75) is 129 Å². The standard InChI is InChI=1S/C54H66F5N5O7S/c1-32-22-40-39-11-9-8-10-36(39)23-41(40)47(64(32)30-53(6,7)57)46-42(55)25-38(26-43(46)56)71-19-17-54(58,59)16-18-69-20-21-70-29-45(66)62-49(52(3,4)5)51(68)63-28-37(65)24-44(63)50(67)60-27-34-12-14-35(15-13-34)48-33(2)61-31-72-48/h8-15,25-26,31-32,37,44,47,49,65H,16-24,27-30H2,1-7H3,(H,60,67)(H,62,66)/t32-,37-,44+,47+,49-/m1/s1. The van der Waals surface area contributed by atoms with Crippen LogP contribution >= 0.6 is 11.3 Å². The highest BCUT2D eigenvalue weighted by atomic mass is 32.1. The first-order valence-corrected chi connectivity index (χ1v) is 25.3. The summed E-state index contributed by atoms with van der Waals surface area (Å²) < 4.78 is 93.3. The quantitative estimate of drug-likeness (QED) is 0.0551. The Morgan fingerprint density at radius 1 is 0.931 bits per heavy atom. The molecule has 0 unspecified atom stereocenters. The van der Waals surface area contributed by atoms with Crippen molar-refractivity contribution in [3.05, 3.63) is 111 Å². The highest BCUT2D eigenvalue weighted by Gasteiger charge is 2.45. The molecule has 390 valence electrons. The SMILES string of the molecule is Cc1ncsc1-c1ccc(CNC(=O)[C@@H]2C[C@@H](O)CN2C(=O)[C@@H](NC(=O)COCCOCCC(F)(F)CCOc2cc(F)c([C@@H]3C4=C(C[C@@H](C)N3CC(C)(C)F)c3ccccc3C4)c(F)c2)C(C)(C)C)cc1. The molecule has 3 aliphatic rings. The van der Waals surface area contributed by atoms with Gasteiger partial charge >= 0.3 is 0 Å². The van der Waals surface area contributed by atoms with Crippen LogP contribution in [0.3, 0.4) is 0 Å². The first-order chi connectivity index (χ1) is 34.0. The predicted molar refractivity (Wildman–Crippen MR) is 265 cm³/mol. The van der Waals surface area contributed by atoms with Crippen LogP contribution in [0.5, 0.6) is 5.75 Å². The highest BCUT2D eigenvalue weighted by molar-refractivity contribution is 7.13. The number of aryl methyl sites for hydroxylation is 1. The molecule has 0 radical (unpaired) electrons. The number of nitrogens with one attached hydrogen (secondary N) is 2. The first kappa shape index (κ1) is 54.5. The van der Waals surface area contributed by atoms with Gasteiger partial charge in [0.05, 0.1) is 54.7 Å². The van der Waals surface area contributed by atoms with Gasteiger partial charge in [0, 0.05) is 62.6 Å². The number of ether oxygens (including phenoxy) is 3. The summed E-state index contributed by atoms with van der Waals surface area (Å²) in [6, 6.07) is 14.4. The second-order valence-corrected chi connectivity index (χ2v) is 21.7. The fourth-order valence-electron chi connectivity index (χ4n) is 9.78. The summed E-state index contributed by atoms with van der Waals surface area (Å²) in [5.41, 5.74) is 5.80. The van der Waals surface area contributed by atoms with Crippen molar-refractivity contribution in [3.8, 4) is 16.2 Å². The zero-order valence-corrected chi connectivity index (χ0v) is 42.8. The van der Waals surface area contributed by atoms with Crippen LogP contribution in [0.4, 0.5) is 22.0 Å². The minimum atomic E-state index is -3.25. The van der Waals surface area contributed by atoms with Crippen LogP contribution < -0.4 is 15.4 Å². The lowest BCUT2D eigenvalue weighted by atomic mass is 9.84. The number of hydrogen-bond acceptors (Lipinski definition) is 10. The summed E-state index contributed by atoms with van der Waals surface area (Å²) >= 11 is 1.54. The van der Waals surface area contributed by atoms with E-state index in [1.807, 2.05) is 67.3 Å². The van der Waals surface area contributed by atoms with Gasteiger partial charge in [0.15, 0.2) is 0 Å². The second kappa shape index (κ2) is 22.9. The molecule has 3 N–H and O–H groups in total. The van der Waals surface area contributed by atoms with E-state index in [1.165, 1.54) is 18.7 Å². The Morgan fingerprint density at radius 2 is 1.61 bits per heavy atom. The number of aliphatic hydroxyl groups excluding tert-OH is 1. The molecule has 1 saturated heterocycles. The normalized spacial score (nSPS) is 19.8. The molecule has 7 rings (SSSR count). The number of rotatable bonds is 21. The van der Waals surface area contributed by atoms with Crippen molar-refractivity contribution in [1.82, 2.24) is 25.4 Å². The Bertz CT molecular complexity index is 2570. The number of aliphatic hydroxyl groups is 1. The zero-order chi connectivity index (χ0) is 52.1. The van der Waals surface area contributed by atoms with Gasteiger partial charge in [0.25, 0.3) is 5.92 Å². The van der Waals surface area contributed by atoms with Crippen LogP contribution in [0.2, 0.25) is 0 Å². The van der Waals surface area contributed by atoms with Gasteiger partial charge in [-0.1, -0.05) is 69.3 Å². The molecule has 72 heavy (non-hydrogen) atoms. The van der Waals surface area contributed by atoms with Crippen molar-refractivity contribution in [2.24, 2.45) is 5.41 Å². The van der Waals surface area contributed by atoms with Gasteiger partial charge in [-0.25, -0.2) is 26.9 Å². The summed E-state index contributed by atoms with van der Waals surface area (Å²) in [4.78, 5) is 48.9. The van der Waals surface area contributed by atoms with Crippen LogP contribution in [0.1, 0.15) is 101 Å². The van der Waals surface area contributed by atoms with E-state index in [-0.39, 0.29) is 63.2 Å². The van der Waals surface area contributed by atoms with Crippen LogP contribution in [-0.4, -0.2) is 120 Å². The average Bonchev–Trinajstić information content (AvgIpc) is 4.03. The van der Waals surface area contributed by atoms with E-state index < -0.39 is 96.6 Å².